The predicted molar refractivity (Wildman–Crippen MR) is 78.5 cm³/mol. The standard InChI is InChI=1S/C14H28N2O2S/c1-4-12-5-8-14(11(12)3)16-19(17,18)10(2)9-15-13-6-7-13/h10-16H,4-9H2,1-3H3. The van der Waals surface area contributed by atoms with Gasteiger partial charge in [0, 0.05) is 18.6 Å². The van der Waals surface area contributed by atoms with Gasteiger partial charge in [0.05, 0.1) is 5.25 Å². The van der Waals surface area contributed by atoms with Gasteiger partial charge >= 0.3 is 0 Å². The molecule has 112 valence electrons. The maximum Gasteiger partial charge on any atom is 0.215 e. The Morgan fingerprint density at radius 1 is 1.21 bits per heavy atom. The van der Waals surface area contributed by atoms with E-state index in [-0.39, 0.29) is 11.3 Å². The van der Waals surface area contributed by atoms with Gasteiger partial charge in [0.25, 0.3) is 0 Å². The van der Waals surface area contributed by atoms with Crippen molar-refractivity contribution in [3.05, 3.63) is 0 Å². The van der Waals surface area contributed by atoms with E-state index in [0.717, 1.165) is 19.3 Å². The average molecular weight is 288 g/mol. The fourth-order valence-corrected chi connectivity index (χ4v) is 4.35. The minimum absolute atomic E-state index is 0.137. The SMILES string of the molecule is CCC1CCC(NS(=O)(=O)C(C)CNC2CC2)C1C. The molecule has 0 bridgehead atoms. The van der Waals surface area contributed by atoms with Crippen LogP contribution in [0.15, 0.2) is 0 Å². The first kappa shape index (κ1) is 15.3. The van der Waals surface area contributed by atoms with Crippen molar-refractivity contribution in [3.63, 3.8) is 0 Å². The van der Waals surface area contributed by atoms with Gasteiger partial charge in [-0.3, -0.25) is 0 Å². The molecule has 0 amide bonds. The lowest BCUT2D eigenvalue weighted by Crippen LogP contribution is -2.45. The quantitative estimate of drug-likeness (QED) is 0.752. The van der Waals surface area contributed by atoms with Crippen LogP contribution in [-0.2, 0) is 10.0 Å². The van der Waals surface area contributed by atoms with E-state index < -0.39 is 10.0 Å². The highest BCUT2D eigenvalue weighted by molar-refractivity contribution is 7.90. The molecule has 0 heterocycles. The summed E-state index contributed by atoms with van der Waals surface area (Å²) in [6, 6.07) is 0.700. The van der Waals surface area contributed by atoms with Crippen LogP contribution in [0, 0.1) is 11.8 Å². The molecule has 2 aliphatic rings. The molecular weight excluding hydrogens is 260 g/mol. The summed E-state index contributed by atoms with van der Waals surface area (Å²) in [5.41, 5.74) is 0. The highest BCUT2D eigenvalue weighted by Crippen LogP contribution is 2.34. The first-order chi connectivity index (χ1) is 8.94. The van der Waals surface area contributed by atoms with E-state index in [9.17, 15) is 8.42 Å². The van der Waals surface area contributed by atoms with Crippen molar-refractivity contribution in [2.75, 3.05) is 6.54 Å². The minimum atomic E-state index is -3.19. The zero-order chi connectivity index (χ0) is 14.0. The average Bonchev–Trinajstić information content (AvgIpc) is 3.13. The van der Waals surface area contributed by atoms with E-state index in [0.29, 0.717) is 24.4 Å². The molecule has 5 heteroatoms. The highest BCUT2D eigenvalue weighted by atomic mass is 32.2. The highest BCUT2D eigenvalue weighted by Gasteiger charge is 2.35. The van der Waals surface area contributed by atoms with Gasteiger partial charge in [-0.25, -0.2) is 13.1 Å². The zero-order valence-corrected chi connectivity index (χ0v) is 13.2. The summed E-state index contributed by atoms with van der Waals surface area (Å²) >= 11 is 0. The van der Waals surface area contributed by atoms with Crippen molar-refractivity contribution < 1.29 is 8.42 Å². The van der Waals surface area contributed by atoms with Gasteiger partial charge in [0.2, 0.25) is 10.0 Å². The van der Waals surface area contributed by atoms with E-state index in [1.165, 1.54) is 12.8 Å². The number of hydrogen-bond donors (Lipinski definition) is 2. The van der Waals surface area contributed by atoms with Crippen LogP contribution >= 0.6 is 0 Å². The van der Waals surface area contributed by atoms with E-state index in [4.69, 9.17) is 0 Å². The molecule has 0 radical (unpaired) electrons. The number of nitrogens with one attached hydrogen (secondary N) is 2. The van der Waals surface area contributed by atoms with Gasteiger partial charge in [-0.2, -0.15) is 0 Å². The maximum absolute atomic E-state index is 12.3. The van der Waals surface area contributed by atoms with Crippen molar-refractivity contribution in [2.45, 2.75) is 70.2 Å². The Hall–Kier alpha value is -0.130. The number of sulfonamides is 1. The third-order valence-electron chi connectivity index (χ3n) is 4.87. The Kier molecular flexibility index (Phi) is 4.90. The lowest BCUT2D eigenvalue weighted by Gasteiger charge is -2.23. The number of hydrogen-bond acceptors (Lipinski definition) is 3. The van der Waals surface area contributed by atoms with Crippen LogP contribution in [0.2, 0.25) is 0 Å². The van der Waals surface area contributed by atoms with Crippen LogP contribution in [0.25, 0.3) is 0 Å². The molecule has 2 N–H and O–H groups in total. The van der Waals surface area contributed by atoms with Gasteiger partial charge in [0.15, 0.2) is 0 Å². The monoisotopic (exact) mass is 288 g/mol. The summed E-state index contributed by atoms with van der Waals surface area (Å²) in [6.45, 7) is 6.74. The van der Waals surface area contributed by atoms with Crippen molar-refractivity contribution in [1.29, 1.82) is 0 Å². The first-order valence-corrected chi connectivity index (χ1v) is 9.23. The molecule has 0 aromatic heterocycles. The molecule has 4 nitrogen and oxygen atoms in total. The molecule has 2 rings (SSSR count). The molecule has 0 aromatic rings. The molecule has 19 heavy (non-hydrogen) atoms. The Labute approximate surface area is 117 Å². The molecular formula is C14H28N2O2S. The minimum Gasteiger partial charge on any atom is -0.313 e. The fourth-order valence-electron chi connectivity index (χ4n) is 3.05. The van der Waals surface area contributed by atoms with Gasteiger partial charge < -0.3 is 5.32 Å². The Balaban J connectivity index is 1.85. The van der Waals surface area contributed by atoms with Crippen molar-refractivity contribution in [1.82, 2.24) is 10.0 Å². The molecule has 2 aliphatic carbocycles. The Bertz CT molecular complexity index is 392. The zero-order valence-electron chi connectivity index (χ0n) is 12.4. The Morgan fingerprint density at radius 3 is 2.42 bits per heavy atom. The molecule has 0 aromatic carbocycles. The first-order valence-electron chi connectivity index (χ1n) is 7.68. The molecule has 4 unspecified atom stereocenters. The van der Waals surface area contributed by atoms with Gasteiger partial charge in [-0.15, -0.1) is 0 Å². The molecule has 2 saturated carbocycles. The van der Waals surface area contributed by atoms with Crippen molar-refractivity contribution in [2.24, 2.45) is 11.8 Å². The lowest BCUT2D eigenvalue weighted by atomic mass is 9.94. The molecule has 0 spiro atoms. The van der Waals surface area contributed by atoms with Crippen molar-refractivity contribution >= 4 is 10.0 Å². The topological polar surface area (TPSA) is 58.2 Å². The predicted octanol–water partition coefficient (Wildman–Crippen LogP) is 1.87. The van der Waals surface area contributed by atoms with E-state index >= 15 is 0 Å². The van der Waals surface area contributed by atoms with Crippen molar-refractivity contribution in [3.8, 4) is 0 Å². The van der Waals surface area contributed by atoms with Crippen LogP contribution in [0.5, 0.6) is 0 Å². The van der Waals surface area contributed by atoms with Gasteiger partial charge in [-0.05, 0) is 44.4 Å². The lowest BCUT2D eigenvalue weighted by molar-refractivity contribution is 0.368. The molecule has 0 aliphatic heterocycles. The van der Waals surface area contributed by atoms with Gasteiger partial charge in [-0.1, -0.05) is 20.3 Å². The van der Waals surface area contributed by atoms with Gasteiger partial charge in [0.1, 0.15) is 0 Å². The van der Waals surface area contributed by atoms with Crippen LogP contribution < -0.4 is 10.0 Å². The smallest absolute Gasteiger partial charge is 0.215 e. The Morgan fingerprint density at radius 2 is 1.89 bits per heavy atom. The summed E-state index contributed by atoms with van der Waals surface area (Å²) in [4.78, 5) is 0. The summed E-state index contributed by atoms with van der Waals surface area (Å²) < 4.78 is 27.6. The summed E-state index contributed by atoms with van der Waals surface area (Å²) in [5, 5.41) is 2.95. The van der Waals surface area contributed by atoms with Crippen LogP contribution in [0.3, 0.4) is 0 Å². The van der Waals surface area contributed by atoms with Crippen LogP contribution in [-0.4, -0.2) is 32.3 Å². The molecule has 4 atom stereocenters. The summed E-state index contributed by atoms with van der Waals surface area (Å²) in [5.74, 6) is 1.14. The normalized spacial score (nSPS) is 33.5. The maximum atomic E-state index is 12.3. The fraction of sp³-hybridized carbons (Fsp3) is 1.00. The van der Waals surface area contributed by atoms with Crippen LogP contribution in [0.1, 0.15) is 52.9 Å². The summed E-state index contributed by atoms with van der Waals surface area (Å²) in [6.07, 6.45) is 5.68. The third kappa shape index (κ3) is 3.92. The molecule has 0 saturated heterocycles. The third-order valence-corrected chi connectivity index (χ3v) is 6.73. The second-order valence-corrected chi connectivity index (χ2v) is 8.50. The van der Waals surface area contributed by atoms with E-state index in [1.54, 1.807) is 6.92 Å². The summed E-state index contributed by atoms with van der Waals surface area (Å²) in [7, 11) is -3.19. The largest absolute Gasteiger partial charge is 0.313 e. The van der Waals surface area contributed by atoms with Crippen LogP contribution in [0.4, 0.5) is 0 Å². The van der Waals surface area contributed by atoms with E-state index in [1.807, 2.05) is 0 Å². The second kappa shape index (κ2) is 6.10. The number of rotatable bonds is 7. The van der Waals surface area contributed by atoms with E-state index in [2.05, 4.69) is 23.9 Å². The second-order valence-electron chi connectivity index (χ2n) is 6.37. The molecule has 2 fully saturated rings.